The maximum Gasteiger partial charge on any atom is 0.282 e. The predicted molar refractivity (Wildman–Crippen MR) is 116 cm³/mol. The molecule has 0 bridgehead atoms. The van der Waals surface area contributed by atoms with E-state index in [0.717, 1.165) is 32.4 Å². The van der Waals surface area contributed by atoms with Crippen LogP contribution in [-0.4, -0.2) is 44.0 Å². The first kappa shape index (κ1) is 20.3. The van der Waals surface area contributed by atoms with Crippen molar-refractivity contribution in [1.82, 2.24) is 4.90 Å². The van der Waals surface area contributed by atoms with Crippen LogP contribution in [0.1, 0.15) is 24.8 Å². The van der Waals surface area contributed by atoms with Crippen LogP contribution in [0.15, 0.2) is 48.2 Å². The van der Waals surface area contributed by atoms with Crippen LogP contribution in [0.2, 0.25) is 5.02 Å². The fourth-order valence-corrected chi connectivity index (χ4v) is 4.23. The van der Waals surface area contributed by atoms with E-state index in [2.05, 4.69) is 0 Å². The Morgan fingerprint density at radius 3 is 2.17 bits per heavy atom. The minimum absolute atomic E-state index is 0.325. The molecule has 6 nitrogen and oxygen atoms in total. The van der Waals surface area contributed by atoms with Crippen LogP contribution in [0.3, 0.4) is 0 Å². The Morgan fingerprint density at radius 2 is 1.57 bits per heavy atom. The van der Waals surface area contributed by atoms with E-state index >= 15 is 0 Å². The van der Waals surface area contributed by atoms with Crippen LogP contribution >= 0.6 is 11.6 Å². The summed E-state index contributed by atoms with van der Waals surface area (Å²) in [6.45, 7) is 1.51. The first-order chi connectivity index (χ1) is 14.5. The molecule has 156 valence electrons. The molecule has 4 rings (SSSR count). The molecule has 0 radical (unpaired) electrons. The molecule has 0 spiro atoms. The van der Waals surface area contributed by atoms with E-state index in [9.17, 15) is 9.59 Å². The van der Waals surface area contributed by atoms with Gasteiger partial charge in [-0.1, -0.05) is 23.7 Å². The lowest BCUT2D eigenvalue weighted by Crippen LogP contribution is -2.37. The molecular weight excluding hydrogens is 404 g/mol. The summed E-state index contributed by atoms with van der Waals surface area (Å²) in [6, 6.07) is 12.1. The first-order valence-corrected chi connectivity index (χ1v) is 10.3. The molecule has 2 heterocycles. The molecule has 2 aromatic carbocycles. The van der Waals surface area contributed by atoms with Crippen molar-refractivity contribution >= 4 is 34.7 Å². The van der Waals surface area contributed by atoms with Gasteiger partial charge in [0.1, 0.15) is 17.2 Å². The molecule has 1 saturated heterocycles. The highest BCUT2D eigenvalue weighted by Gasteiger charge is 2.42. The van der Waals surface area contributed by atoms with Gasteiger partial charge in [-0.2, -0.15) is 0 Å². The minimum atomic E-state index is -0.355. The number of amides is 2. The molecule has 7 heteroatoms. The molecule has 0 atom stereocenters. The van der Waals surface area contributed by atoms with Crippen molar-refractivity contribution in [1.29, 1.82) is 0 Å². The van der Waals surface area contributed by atoms with Gasteiger partial charge in [0.15, 0.2) is 0 Å². The van der Waals surface area contributed by atoms with Crippen molar-refractivity contribution in [2.45, 2.75) is 19.3 Å². The molecule has 2 aliphatic rings. The number of imide groups is 1. The van der Waals surface area contributed by atoms with Crippen LogP contribution in [0.5, 0.6) is 11.5 Å². The number of carbonyl (C=O) groups excluding carboxylic acids is 2. The van der Waals surface area contributed by atoms with E-state index in [1.54, 1.807) is 37.4 Å². The lowest BCUT2D eigenvalue weighted by atomic mass is 10.0. The number of methoxy groups -OCH3 is 2. The predicted octanol–water partition coefficient (Wildman–Crippen LogP) is 4.13. The van der Waals surface area contributed by atoms with Gasteiger partial charge in [-0.15, -0.1) is 0 Å². The highest BCUT2D eigenvalue weighted by Crippen LogP contribution is 2.38. The number of piperidine rings is 1. The molecular formula is C23H23ClN2O4. The monoisotopic (exact) mass is 426 g/mol. The van der Waals surface area contributed by atoms with Gasteiger partial charge in [-0.25, -0.2) is 4.90 Å². The number of nitrogens with zero attached hydrogens (tertiary/aromatic N) is 2. The highest BCUT2D eigenvalue weighted by atomic mass is 35.5. The van der Waals surface area contributed by atoms with Crippen molar-refractivity contribution in [2.24, 2.45) is 0 Å². The number of hydrogen-bond donors (Lipinski definition) is 0. The number of benzene rings is 2. The number of likely N-dealkylation sites (tertiary alicyclic amines) is 1. The second-order valence-electron chi connectivity index (χ2n) is 7.26. The molecule has 2 aliphatic heterocycles. The quantitative estimate of drug-likeness (QED) is 0.673. The maximum atomic E-state index is 13.5. The molecule has 0 N–H and O–H groups in total. The molecule has 30 heavy (non-hydrogen) atoms. The first-order valence-electron chi connectivity index (χ1n) is 9.91. The average molecular weight is 427 g/mol. The number of hydrogen-bond acceptors (Lipinski definition) is 5. The van der Waals surface area contributed by atoms with Gasteiger partial charge in [-0.3, -0.25) is 9.59 Å². The third kappa shape index (κ3) is 3.52. The number of anilines is 1. The Morgan fingerprint density at radius 1 is 0.867 bits per heavy atom. The molecule has 2 amide bonds. The average Bonchev–Trinajstić information content (AvgIpc) is 3.04. The Labute approximate surface area is 180 Å². The van der Waals surface area contributed by atoms with Gasteiger partial charge in [0, 0.05) is 13.1 Å². The molecule has 1 fully saturated rings. The zero-order valence-electron chi connectivity index (χ0n) is 17.0. The van der Waals surface area contributed by atoms with Gasteiger partial charge < -0.3 is 14.4 Å². The Kier molecular flexibility index (Phi) is 5.68. The molecule has 2 aromatic rings. The maximum absolute atomic E-state index is 13.5. The molecule has 0 aliphatic carbocycles. The molecule has 0 aromatic heterocycles. The fourth-order valence-electron chi connectivity index (χ4n) is 3.98. The van der Waals surface area contributed by atoms with Crippen molar-refractivity contribution < 1.29 is 19.1 Å². The van der Waals surface area contributed by atoms with E-state index in [1.807, 2.05) is 17.0 Å². The Bertz CT molecular complexity index is 1010. The van der Waals surface area contributed by atoms with Crippen LogP contribution in [0, 0.1) is 0 Å². The van der Waals surface area contributed by atoms with Crippen LogP contribution < -0.4 is 14.4 Å². The normalized spacial score (nSPS) is 17.0. The van der Waals surface area contributed by atoms with E-state index in [4.69, 9.17) is 21.1 Å². The second kappa shape index (κ2) is 8.40. The van der Waals surface area contributed by atoms with Gasteiger partial charge in [0.2, 0.25) is 0 Å². The standard InChI is InChI=1S/C23H23ClN2O4/c1-29-17-9-6-15(7-10-17)20-21(25-12-4-3-5-13-25)23(28)26(22(20)27)16-8-11-19(30-2)18(24)14-16/h6-11,14H,3-5,12-13H2,1-2H3. The second-order valence-corrected chi connectivity index (χ2v) is 7.67. The summed E-state index contributed by atoms with van der Waals surface area (Å²) in [5.41, 5.74) is 1.99. The van der Waals surface area contributed by atoms with E-state index in [0.29, 0.717) is 39.0 Å². The molecule has 0 unspecified atom stereocenters. The van der Waals surface area contributed by atoms with Gasteiger partial charge in [0.05, 0.1) is 30.5 Å². The Balaban J connectivity index is 1.79. The Hall–Kier alpha value is -2.99. The number of rotatable bonds is 5. The van der Waals surface area contributed by atoms with Crippen LogP contribution in [0.25, 0.3) is 5.57 Å². The smallest absolute Gasteiger partial charge is 0.282 e. The highest BCUT2D eigenvalue weighted by molar-refractivity contribution is 6.45. The summed E-state index contributed by atoms with van der Waals surface area (Å²) in [4.78, 5) is 30.2. The molecule has 0 saturated carbocycles. The van der Waals surface area contributed by atoms with Crippen LogP contribution in [0.4, 0.5) is 5.69 Å². The number of carbonyl (C=O) groups is 2. The number of ether oxygens (including phenoxy) is 2. The van der Waals surface area contributed by atoms with Gasteiger partial charge in [0.25, 0.3) is 11.8 Å². The van der Waals surface area contributed by atoms with E-state index in [-0.39, 0.29) is 11.8 Å². The largest absolute Gasteiger partial charge is 0.497 e. The fraction of sp³-hybridized carbons (Fsp3) is 0.304. The third-order valence-electron chi connectivity index (χ3n) is 5.50. The van der Waals surface area contributed by atoms with Crippen LogP contribution in [-0.2, 0) is 9.59 Å². The van der Waals surface area contributed by atoms with Gasteiger partial charge >= 0.3 is 0 Å². The van der Waals surface area contributed by atoms with Crippen molar-refractivity contribution in [3.63, 3.8) is 0 Å². The summed E-state index contributed by atoms with van der Waals surface area (Å²) in [5, 5.41) is 0.341. The lowest BCUT2D eigenvalue weighted by molar-refractivity contribution is -0.120. The van der Waals surface area contributed by atoms with Gasteiger partial charge in [-0.05, 0) is 55.2 Å². The number of halogens is 1. The van der Waals surface area contributed by atoms with Crippen molar-refractivity contribution in [2.75, 3.05) is 32.2 Å². The summed E-state index contributed by atoms with van der Waals surface area (Å²) < 4.78 is 10.4. The summed E-state index contributed by atoms with van der Waals surface area (Å²) in [7, 11) is 3.11. The SMILES string of the molecule is COc1ccc(C2=C(N3CCCCC3)C(=O)N(c3ccc(OC)c(Cl)c3)C2=O)cc1. The summed E-state index contributed by atoms with van der Waals surface area (Å²) in [6.07, 6.45) is 3.12. The van der Waals surface area contributed by atoms with Crippen molar-refractivity contribution in [3.05, 3.63) is 58.7 Å². The topological polar surface area (TPSA) is 59.1 Å². The zero-order valence-corrected chi connectivity index (χ0v) is 17.7. The van der Waals surface area contributed by atoms with Crippen molar-refractivity contribution in [3.8, 4) is 11.5 Å². The summed E-state index contributed by atoms with van der Waals surface area (Å²) >= 11 is 6.26. The third-order valence-corrected chi connectivity index (χ3v) is 5.80. The van der Waals surface area contributed by atoms with E-state index in [1.165, 1.54) is 12.0 Å². The minimum Gasteiger partial charge on any atom is -0.497 e. The zero-order chi connectivity index (χ0) is 21.3. The summed E-state index contributed by atoms with van der Waals surface area (Å²) in [5.74, 6) is 0.495. The van der Waals surface area contributed by atoms with E-state index < -0.39 is 0 Å². The lowest BCUT2D eigenvalue weighted by Gasteiger charge is -2.29.